The molecule has 2 heterocycles. The van der Waals surface area contributed by atoms with Gasteiger partial charge in [0.2, 0.25) is 5.91 Å². The standard InChI is InChI=1S/C18H26ClF3N6O.HI/c1-4-23-17(24-7-5-15(29)27(2)3)26-13-6-8-28(11-13)16-14(19)9-12(10-25-16)18(20,21)22;/h9-10,13H,4-8,11H2,1-3H3,(H2,23,24,26);1H. The number of amides is 1. The van der Waals surface area contributed by atoms with Gasteiger partial charge in [-0.15, -0.1) is 24.0 Å². The largest absolute Gasteiger partial charge is 0.417 e. The molecule has 1 unspecified atom stereocenters. The molecule has 1 amide bonds. The van der Waals surface area contributed by atoms with Crippen LogP contribution in [0.1, 0.15) is 25.3 Å². The van der Waals surface area contributed by atoms with Gasteiger partial charge in [-0.2, -0.15) is 13.2 Å². The van der Waals surface area contributed by atoms with Crippen molar-refractivity contribution in [2.75, 3.05) is 45.2 Å². The number of anilines is 1. The molecule has 1 aliphatic heterocycles. The number of rotatable bonds is 6. The molecule has 1 atom stereocenters. The second-order valence-electron chi connectivity index (χ2n) is 6.90. The number of carbonyl (C=O) groups is 1. The average Bonchev–Trinajstić information content (AvgIpc) is 3.09. The zero-order valence-corrected chi connectivity index (χ0v) is 20.2. The molecule has 0 radical (unpaired) electrons. The summed E-state index contributed by atoms with van der Waals surface area (Å²) in [7, 11) is 3.39. The van der Waals surface area contributed by atoms with E-state index in [-0.39, 0.29) is 40.9 Å². The Hall–Kier alpha value is -1.50. The first-order chi connectivity index (χ1) is 13.6. The third-order valence-electron chi connectivity index (χ3n) is 4.42. The number of aliphatic imine (C=N–C) groups is 1. The van der Waals surface area contributed by atoms with Crippen molar-refractivity contribution in [1.29, 1.82) is 0 Å². The van der Waals surface area contributed by atoms with Gasteiger partial charge in [0, 0.05) is 52.4 Å². The van der Waals surface area contributed by atoms with E-state index in [0.717, 1.165) is 18.7 Å². The van der Waals surface area contributed by atoms with Crippen LogP contribution in [-0.4, -0.2) is 68.1 Å². The smallest absolute Gasteiger partial charge is 0.357 e. The molecule has 0 spiro atoms. The summed E-state index contributed by atoms with van der Waals surface area (Å²) in [5.41, 5.74) is -0.867. The highest BCUT2D eigenvalue weighted by Gasteiger charge is 2.33. The van der Waals surface area contributed by atoms with E-state index < -0.39 is 11.7 Å². The van der Waals surface area contributed by atoms with Crippen molar-refractivity contribution in [2.24, 2.45) is 4.99 Å². The monoisotopic (exact) mass is 562 g/mol. The minimum Gasteiger partial charge on any atom is -0.357 e. The Labute approximate surface area is 196 Å². The molecular formula is C18H27ClF3IN6O. The molecule has 0 saturated carbocycles. The predicted octanol–water partition coefficient (Wildman–Crippen LogP) is 2.98. The maximum Gasteiger partial charge on any atom is 0.417 e. The molecule has 170 valence electrons. The molecule has 0 bridgehead atoms. The number of carbonyl (C=O) groups excluding carboxylic acids is 1. The van der Waals surface area contributed by atoms with Gasteiger partial charge < -0.3 is 20.4 Å². The van der Waals surface area contributed by atoms with E-state index in [1.54, 1.807) is 14.1 Å². The quantitative estimate of drug-likeness (QED) is 0.317. The van der Waals surface area contributed by atoms with E-state index in [9.17, 15) is 18.0 Å². The Kier molecular flexibility index (Phi) is 10.4. The van der Waals surface area contributed by atoms with E-state index in [2.05, 4.69) is 20.6 Å². The second kappa shape index (κ2) is 11.8. The lowest BCUT2D eigenvalue weighted by molar-refractivity contribution is -0.137. The Bertz CT molecular complexity index is 747. The molecule has 0 aliphatic carbocycles. The fourth-order valence-electron chi connectivity index (χ4n) is 2.89. The third kappa shape index (κ3) is 7.64. The average molecular weight is 563 g/mol. The van der Waals surface area contributed by atoms with Gasteiger partial charge in [-0.05, 0) is 19.4 Å². The van der Waals surface area contributed by atoms with Crippen molar-refractivity contribution >= 4 is 53.3 Å². The molecule has 12 heteroatoms. The number of nitrogens with zero attached hydrogens (tertiary/aromatic N) is 4. The number of nitrogens with one attached hydrogen (secondary N) is 2. The molecule has 0 aromatic carbocycles. The summed E-state index contributed by atoms with van der Waals surface area (Å²) in [6.07, 6.45) is -2.61. The summed E-state index contributed by atoms with van der Waals surface area (Å²) in [6.45, 7) is 4.09. The lowest BCUT2D eigenvalue weighted by Crippen LogP contribution is -2.44. The number of guanidine groups is 1. The van der Waals surface area contributed by atoms with Gasteiger partial charge in [0.1, 0.15) is 5.82 Å². The Morgan fingerprint density at radius 3 is 2.70 bits per heavy atom. The van der Waals surface area contributed by atoms with E-state index in [0.29, 0.717) is 44.4 Å². The van der Waals surface area contributed by atoms with Gasteiger partial charge in [0.25, 0.3) is 0 Å². The van der Waals surface area contributed by atoms with E-state index in [1.165, 1.54) is 4.90 Å². The van der Waals surface area contributed by atoms with Crippen LogP contribution in [0.15, 0.2) is 17.3 Å². The summed E-state index contributed by atoms with van der Waals surface area (Å²) < 4.78 is 38.4. The highest BCUT2D eigenvalue weighted by molar-refractivity contribution is 14.0. The van der Waals surface area contributed by atoms with Crippen LogP contribution in [0.5, 0.6) is 0 Å². The van der Waals surface area contributed by atoms with E-state index in [4.69, 9.17) is 11.6 Å². The van der Waals surface area contributed by atoms with Crippen LogP contribution in [0.2, 0.25) is 5.02 Å². The van der Waals surface area contributed by atoms with Crippen LogP contribution in [-0.2, 0) is 11.0 Å². The summed E-state index contributed by atoms with van der Waals surface area (Å²) >= 11 is 6.05. The molecule has 1 aromatic rings. The van der Waals surface area contributed by atoms with Gasteiger partial charge in [-0.25, -0.2) is 4.98 Å². The molecule has 1 aromatic heterocycles. The van der Waals surface area contributed by atoms with Gasteiger partial charge in [0.15, 0.2) is 5.96 Å². The fourth-order valence-corrected chi connectivity index (χ4v) is 3.18. The van der Waals surface area contributed by atoms with Gasteiger partial charge in [-0.1, -0.05) is 11.6 Å². The van der Waals surface area contributed by atoms with Crippen molar-refractivity contribution in [3.05, 3.63) is 22.8 Å². The van der Waals surface area contributed by atoms with Crippen LogP contribution in [0, 0.1) is 0 Å². The second-order valence-corrected chi connectivity index (χ2v) is 7.31. The Morgan fingerprint density at radius 2 is 2.13 bits per heavy atom. The summed E-state index contributed by atoms with van der Waals surface area (Å²) in [5, 5.41) is 6.40. The molecule has 2 N–H and O–H groups in total. The minimum atomic E-state index is -4.48. The molecule has 1 saturated heterocycles. The SMILES string of the molecule is CCNC(=NCCC(=O)N(C)C)NC1CCN(c2ncc(C(F)(F)F)cc2Cl)C1.I. The topological polar surface area (TPSA) is 72.9 Å². The predicted molar refractivity (Wildman–Crippen MR) is 123 cm³/mol. The van der Waals surface area contributed by atoms with Crippen LogP contribution in [0.3, 0.4) is 0 Å². The van der Waals surface area contributed by atoms with Crippen molar-refractivity contribution in [3.8, 4) is 0 Å². The van der Waals surface area contributed by atoms with Crippen molar-refractivity contribution < 1.29 is 18.0 Å². The highest BCUT2D eigenvalue weighted by Crippen LogP contribution is 2.34. The number of aromatic nitrogens is 1. The maximum atomic E-state index is 12.8. The number of hydrogen-bond donors (Lipinski definition) is 2. The minimum absolute atomic E-state index is 0. The van der Waals surface area contributed by atoms with Gasteiger partial charge in [-0.3, -0.25) is 9.79 Å². The van der Waals surface area contributed by atoms with E-state index >= 15 is 0 Å². The molecular weight excluding hydrogens is 536 g/mol. The maximum absolute atomic E-state index is 12.8. The molecule has 30 heavy (non-hydrogen) atoms. The first kappa shape index (κ1) is 26.5. The Balaban J connectivity index is 0.00000450. The number of halogens is 5. The van der Waals surface area contributed by atoms with Crippen molar-refractivity contribution in [1.82, 2.24) is 20.5 Å². The summed E-state index contributed by atoms with van der Waals surface area (Å²) in [5.74, 6) is 0.930. The van der Waals surface area contributed by atoms with Crippen molar-refractivity contribution in [3.63, 3.8) is 0 Å². The fraction of sp³-hybridized carbons (Fsp3) is 0.611. The highest BCUT2D eigenvalue weighted by atomic mass is 127. The van der Waals surface area contributed by atoms with Crippen LogP contribution in [0.4, 0.5) is 19.0 Å². The number of pyridine rings is 1. The number of hydrogen-bond acceptors (Lipinski definition) is 4. The lowest BCUT2D eigenvalue weighted by Gasteiger charge is -2.21. The van der Waals surface area contributed by atoms with Gasteiger partial charge >= 0.3 is 6.18 Å². The first-order valence-electron chi connectivity index (χ1n) is 9.34. The van der Waals surface area contributed by atoms with Crippen LogP contribution < -0.4 is 15.5 Å². The third-order valence-corrected chi connectivity index (χ3v) is 4.69. The summed E-state index contributed by atoms with van der Waals surface area (Å²) in [6, 6.07) is 0.926. The van der Waals surface area contributed by atoms with Gasteiger partial charge in [0.05, 0.1) is 17.1 Å². The first-order valence-corrected chi connectivity index (χ1v) is 9.72. The zero-order chi connectivity index (χ0) is 21.6. The summed E-state index contributed by atoms with van der Waals surface area (Å²) in [4.78, 5) is 23.4. The molecule has 1 aliphatic rings. The van der Waals surface area contributed by atoms with E-state index in [1.807, 2.05) is 11.8 Å². The van der Waals surface area contributed by atoms with Crippen LogP contribution >= 0.6 is 35.6 Å². The Morgan fingerprint density at radius 1 is 1.43 bits per heavy atom. The number of alkyl halides is 3. The zero-order valence-electron chi connectivity index (χ0n) is 17.1. The van der Waals surface area contributed by atoms with Crippen LogP contribution in [0.25, 0.3) is 0 Å². The lowest BCUT2D eigenvalue weighted by atomic mass is 10.2. The molecule has 7 nitrogen and oxygen atoms in total. The normalized spacial score (nSPS) is 16.8. The molecule has 1 fully saturated rings. The van der Waals surface area contributed by atoms with Crippen molar-refractivity contribution in [2.45, 2.75) is 32.0 Å². The molecule has 2 rings (SSSR count).